The number of anilines is 1. The molecule has 0 atom stereocenters. The zero-order valence-corrected chi connectivity index (χ0v) is 9.95. The number of nitrogens with two attached hydrogens (primary N) is 2. The Bertz CT molecular complexity index is 477. The molecule has 0 aliphatic rings. The number of aromatic nitrogens is 1. The molecule has 0 radical (unpaired) electrons. The SMILES string of the molecule is COC(=O)Cc1ncc(N)c(CN)c1OC(F)(F)F. The molecule has 0 unspecified atom stereocenters. The van der Waals surface area contributed by atoms with Gasteiger partial charge in [0.1, 0.15) is 0 Å². The van der Waals surface area contributed by atoms with E-state index in [1.165, 1.54) is 0 Å². The molecule has 0 aliphatic carbocycles. The van der Waals surface area contributed by atoms with Gasteiger partial charge in [0, 0.05) is 12.1 Å². The Kier molecular flexibility index (Phi) is 4.54. The number of pyridine rings is 1. The second kappa shape index (κ2) is 5.74. The standard InChI is InChI=1S/C10H12F3N3O3/c1-18-8(17)2-7-9(19-10(11,12)13)5(3-14)6(15)4-16-7/h4H,2-3,14-15H2,1H3. The maximum Gasteiger partial charge on any atom is 0.573 e. The van der Waals surface area contributed by atoms with Crippen LogP contribution in [0.4, 0.5) is 18.9 Å². The second-order valence-electron chi connectivity index (χ2n) is 3.47. The summed E-state index contributed by atoms with van der Waals surface area (Å²) < 4.78 is 45.2. The molecule has 1 rings (SSSR count). The number of esters is 1. The molecule has 0 amide bonds. The van der Waals surface area contributed by atoms with Crippen LogP contribution in [0.25, 0.3) is 0 Å². The Labute approximate surface area is 106 Å². The third kappa shape index (κ3) is 3.98. The highest BCUT2D eigenvalue weighted by Crippen LogP contribution is 2.32. The Morgan fingerprint density at radius 3 is 2.58 bits per heavy atom. The fourth-order valence-corrected chi connectivity index (χ4v) is 1.37. The molecule has 0 saturated carbocycles. The molecule has 1 heterocycles. The normalized spacial score (nSPS) is 11.2. The number of hydrogen-bond acceptors (Lipinski definition) is 6. The summed E-state index contributed by atoms with van der Waals surface area (Å²) >= 11 is 0. The van der Waals surface area contributed by atoms with Crippen LogP contribution >= 0.6 is 0 Å². The van der Waals surface area contributed by atoms with E-state index in [0.717, 1.165) is 13.3 Å². The van der Waals surface area contributed by atoms with E-state index in [1.54, 1.807) is 0 Å². The zero-order valence-electron chi connectivity index (χ0n) is 9.95. The first-order valence-corrected chi connectivity index (χ1v) is 5.07. The molecule has 0 saturated heterocycles. The molecule has 0 aromatic carbocycles. The monoisotopic (exact) mass is 279 g/mol. The number of rotatable bonds is 4. The van der Waals surface area contributed by atoms with Crippen molar-refractivity contribution < 1.29 is 27.4 Å². The molecule has 0 spiro atoms. The predicted molar refractivity (Wildman–Crippen MR) is 58.9 cm³/mol. The van der Waals surface area contributed by atoms with Gasteiger partial charge in [0.05, 0.1) is 31.1 Å². The minimum Gasteiger partial charge on any atom is -0.469 e. The largest absolute Gasteiger partial charge is 0.573 e. The molecule has 0 aliphatic heterocycles. The molecular weight excluding hydrogens is 267 g/mol. The summed E-state index contributed by atoms with van der Waals surface area (Å²) in [6, 6.07) is 0. The average molecular weight is 279 g/mol. The lowest BCUT2D eigenvalue weighted by atomic mass is 10.1. The third-order valence-electron chi connectivity index (χ3n) is 2.21. The van der Waals surface area contributed by atoms with E-state index in [-0.39, 0.29) is 23.5 Å². The molecule has 4 N–H and O–H groups in total. The Hall–Kier alpha value is -2.03. The van der Waals surface area contributed by atoms with Crippen molar-refractivity contribution in [3.63, 3.8) is 0 Å². The Balaban J connectivity index is 3.25. The molecule has 1 aromatic rings. The van der Waals surface area contributed by atoms with Gasteiger partial charge in [-0.15, -0.1) is 13.2 Å². The van der Waals surface area contributed by atoms with E-state index >= 15 is 0 Å². The van der Waals surface area contributed by atoms with Crippen LogP contribution in [0.1, 0.15) is 11.3 Å². The average Bonchev–Trinajstić information content (AvgIpc) is 2.31. The van der Waals surface area contributed by atoms with Crippen LogP contribution in [-0.4, -0.2) is 24.4 Å². The lowest BCUT2D eigenvalue weighted by Gasteiger charge is -2.16. The topological polar surface area (TPSA) is 100 Å². The van der Waals surface area contributed by atoms with Gasteiger partial charge in [0.15, 0.2) is 5.75 Å². The van der Waals surface area contributed by atoms with E-state index in [0.29, 0.717) is 0 Å². The summed E-state index contributed by atoms with van der Waals surface area (Å²) in [4.78, 5) is 14.8. The summed E-state index contributed by atoms with van der Waals surface area (Å²) in [6.45, 7) is -0.284. The van der Waals surface area contributed by atoms with Crippen molar-refractivity contribution >= 4 is 11.7 Å². The highest BCUT2D eigenvalue weighted by Gasteiger charge is 2.34. The first-order valence-electron chi connectivity index (χ1n) is 5.07. The molecule has 106 valence electrons. The van der Waals surface area contributed by atoms with E-state index in [1.807, 2.05) is 0 Å². The van der Waals surface area contributed by atoms with Crippen molar-refractivity contribution in [1.29, 1.82) is 0 Å². The van der Waals surface area contributed by atoms with Crippen LogP contribution in [0.5, 0.6) is 5.75 Å². The van der Waals surface area contributed by atoms with Gasteiger partial charge in [-0.05, 0) is 0 Å². The molecule has 0 fully saturated rings. The zero-order chi connectivity index (χ0) is 14.6. The Morgan fingerprint density at radius 2 is 2.11 bits per heavy atom. The van der Waals surface area contributed by atoms with Gasteiger partial charge >= 0.3 is 12.3 Å². The quantitative estimate of drug-likeness (QED) is 0.788. The van der Waals surface area contributed by atoms with Crippen LogP contribution in [0.2, 0.25) is 0 Å². The molecule has 1 aromatic heterocycles. The summed E-state index contributed by atoms with van der Waals surface area (Å²) in [5.41, 5.74) is 10.5. The lowest BCUT2D eigenvalue weighted by molar-refractivity contribution is -0.275. The fraction of sp³-hybridized carbons (Fsp3) is 0.400. The Morgan fingerprint density at radius 1 is 1.47 bits per heavy atom. The lowest BCUT2D eigenvalue weighted by Crippen LogP contribution is -2.22. The second-order valence-corrected chi connectivity index (χ2v) is 3.47. The number of hydrogen-bond donors (Lipinski definition) is 2. The van der Waals surface area contributed by atoms with Gasteiger partial charge in [-0.3, -0.25) is 9.78 Å². The van der Waals surface area contributed by atoms with Gasteiger partial charge in [-0.1, -0.05) is 0 Å². The van der Waals surface area contributed by atoms with E-state index in [4.69, 9.17) is 11.5 Å². The van der Waals surface area contributed by atoms with Crippen molar-refractivity contribution in [2.24, 2.45) is 5.73 Å². The number of ether oxygens (including phenoxy) is 2. The highest BCUT2D eigenvalue weighted by molar-refractivity contribution is 5.73. The minimum absolute atomic E-state index is 0.0460. The van der Waals surface area contributed by atoms with Crippen LogP contribution in [-0.2, 0) is 22.5 Å². The van der Waals surface area contributed by atoms with Crippen LogP contribution in [0, 0.1) is 0 Å². The predicted octanol–water partition coefficient (Wildman–Crippen LogP) is 0.737. The van der Waals surface area contributed by atoms with Crippen molar-refractivity contribution in [1.82, 2.24) is 4.98 Å². The molecule has 9 heteroatoms. The highest BCUT2D eigenvalue weighted by atomic mass is 19.4. The van der Waals surface area contributed by atoms with Gasteiger partial charge in [-0.2, -0.15) is 0 Å². The number of carbonyl (C=O) groups is 1. The number of halogens is 3. The first kappa shape index (κ1) is 15.0. The number of carbonyl (C=O) groups excluding carboxylic acids is 1. The number of nitrogen functional groups attached to an aromatic ring is 1. The number of methoxy groups -OCH3 is 1. The van der Waals surface area contributed by atoms with Gasteiger partial charge in [-0.25, -0.2) is 0 Å². The maximum atomic E-state index is 12.3. The van der Waals surface area contributed by atoms with Gasteiger partial charge < -0.3 is 20.9 Å². The van der Waals surface area contributed by atoms with Crippen molar-refractivity contribution in [3.8, 4) is 5.75 Å². The van der Waals surface area contributed by atoms with Gasteiger partial charge in [0.25, 0.3) is 0 Å². The molecule has 0 bridgehead atoms. The van der Waals surface area contributed by atoms with Crippen LogP contribution in [0.15, 0.2) is 6.20 Å². The molecular formula is C10H12F3N3O3. The van der Waals surface area contributed by atoms with Crippen molar-refractivity contribution in [2.45, 2.75) is 19.3 Å². The van der Waals surface area contributed by atoms with E-state index in [2.05, 4.69) is 14.5 Å². The van der Waals surface area contributed by atoms with Gasteiger partial charge in [0.2, 0.25) is 0 Å². The fourth-order valence-electron chi connectivity index (χ4n) is 1.37. The third-order valence-corrected chi connectivity index (χ3v) is 2.21. The van der Waals surface area contributed by atoms with Crippen LogP contribution in [0.3, 0.4) is 0 Å². The number of alkyl halides is 3. The smallest absolute Gasteiger partial charge is 0.469 e. The molecule has 6 nitrogen and oxygen atoms in total. The first-order chi connectivity index (χ1) is 8.78. The van der Waals surface area contributed by atoms with Crippen LogP contribution < -0.4 is 16.2 Å². The van der Waals surface area contributed by atoms with Crippen molar-refractivity contribution in [2.75, 3.05) is 12.8 Å². The summed E-state index contributed by atoms with van der Waals surface area (Å²) in [7, 11) is 1.10. The summed E-state index contributed by atoms with van der Waals surface area (Å²) in [6.07, 6.45) is -4.30. The summed E-state index contributed by atoms with van der Waals surface area (Å²) in [5.74, 6) is -1.41. The summed E-state index contributed by atoms with van der Waals surface area (Å²) in [5, 5.41) is 0. The van der Waals surface area contributed by atoms with E-state index in [9.17, 15) is 18.0 Å². The minimum atomic E-state index is -4.94. The van der Waals surface area contributed by atoms with Crippen molar-refractivity contribution in [3.05, 3.63) is 17.5 Å². The van der Waals surface area contributed by atoms with E-state index < -0.39 is 24.5 Å². The number of nitrogens with zero attached hydrogens (tertiary/aromatic N) is 1. The molecule has 19 heavy (non-hydrogen) atoms. The maximum absolute atomic E-state index is 12.3.